The van der Waals surface area contributed by atoms with Gasteiger partial charge in [-0.2, -0.15) is 0 Å². The first-order valence-corrected chi connectivity index (χ1v) is 8.36. The largest absolute Gasteiger partial charge is 0.492 e. The van der Waals surface area contributed by atoms with E-state index < -0.39 is 11.7 Å². The summed E-state index contributed by atoms with van der Waals surface area (Å²) in [5.41, 5.74) is 2.19. The van der Waals surface area contributed by atoms with Gasteiger partial charge < -0.3 is 14.3 Å². The Morgan fingerprint density at radius 3 is 2.46 bits per heavy atom. The van der Waals surface area contributed by atoms with E-state index in [1.165, 1.54) is 28.3 Å². The van der Waals surface area contributed by atoms with Crippen LogP contribution in [-0.2, 0) is 12.0 Å². The normalized spacial score (nSPS) is 11.7. The number of hydrogen-bond donors (Lipinski definition) is 1. The fourth-order valence-electron chi connectivity index (χ4n) is 2.71. The number of carbonyl (C=O) groups is 1. The van der Waals surface area contributed by atoms with Crippen molar-refractivity contribution in [2.75, 3.05) is 6.61 Å². The van der Waals surface area contributed by atoms with Gasteiger partial charge in [-0.15, -0.1) is 0 Å². The highest BCUT2D eigenvalue weighted by Gasteiger charge is 2.14. The Labute approximate surface area is 150 Å². The predicted molar refractivity (Wildman–Crippen MR) is 98.1 cm³/mol. The number of nitrogens with zero attached hydrogens (tertiary/aromatic N) is 1. The van der Waals surface area contributed by atoms with E-state index in [-0.39, 0.29) is 24.1 Å². The fraction of sp³-hybridized carbons (Fsp3) is 0.300. The van der Waals surface area contributed by atoms with Crippen LogP contribution in [0.15, 0.2) is 51.7 Å². The maximum atomic E-state index is 12.0. The molecular weight excluding hydrogens is 334 g/mol. The van der Waals surface area contributed by atoms with Gasteiger partial charge in [-0.25, -0.2) is 9.59 Å². The summed E-state index contributed by atoms with van der Waals surface area (Å²) in [7, 11) is 0. The van der Waals surface area contributed by atoms with Gasteiger partial charge in [0.15, 0.2) is 5.58 Å². The fourth-order valence-corrected chi connectivity index (χ4v) is 2.71. The van der Waals surface area contributed by atoms with Crippen LogP contribution in [-0.4, -0.2) is 22.2 Å². The lowest BCUT2D eigenvalue weighted by molar-refractivity contribution is 0.0697. The minimum atomic E-state index is -1.05. The number of ether oxygens (including phenoxy) is 1. The second-order valence-electron chi connectivity index (χ2n) is 7.13. The van der Waals surface area contributed by atoms with E-state index in [1.54, 1.807) is 0 Å². The topological polar surface area (TPSA) is 81.7 Å². The number of aromatic carboxylic acids is 1. The van der Waals surface area contributed by atoms with Crippen molar-refractivity contribution in [2.24, 2.45) is 0 Å². The predicted octanol–water partition coefficient (Wildman–Crippen LogP) is 3.67. The van der Waals surface area contributed by atoms with Crippen LogP contribution < -0.4 is 10.5 Å². The second-order valence-corrected chi connectivity index (χ2v) is 7.13. The Hall–Kier alpha value is -3.02. The Morgan fingerprint density at radius 1 is 1.15 bits per heavy atom. The first-order valence-electron chi connectivity index (χ1n) is 8.36. The molecule has 0 atom stereocenters. The summed E-state index contributed by atoms with van der Waals surface area (Å²) in [6.07, 6.45) is 0. The van der Waals surface area contributed by atoms with Gasteiger partial charge in [-0.1, -0.05) is 32.9 Å². The van der Waals surface area contributed by atoms with E-state index in [1.807, 2.05) is 24.3 Å². The third kappa shape index (κ3) is 3.64. The third-order valence-electron chi connectivity index (χ3n) is 4.22. The molecule has 0 aliphatic heterocycles. The molecule has 26 heavy (non-hydrogen) atoms. The summed E-state index contributed by atoms with van der Waals surface area (Å²) < 4.78 is 12.2. The van der Waals surface area contributed by atoms with Crippen molar-refractivity contribution in [2.45, 2.75) is 32.7 Å². The lowest BCUT2D eigenvalue weighted by Gasteiger charge is -2.19. The van der Waals surface area contributed by atoms with Crippen molar-refractivity contribution >= 4 is 17.1 Å². The summed E-state index contributed by atoms with van der Waals surface area (Å²) in [6, 6.07) is 12.2. The summed E-state index contributed by atoms with van der Waals surface area (Å²) >= 11 is 0. The van der Waals surface area contributed by atoms with Crippen LogP contribution in [0.2, 0.25) is 0 Å². The van der Waals surface area contributed by atoms with E-state index in [9.17, 15) is 9.59 Å². The molecule has 6 heteroatoms. The highest BCUT2D eigenvalue weighted by Crippen LogP contribution is 2.24. The standard InChI is InChI=1S/C20H21NO5/c1-20(2,3)14-5-7-15(8-6-14)25-11-10-21-16-12-13(18(22)23)4-9-17(16)26-19(21)24/h4-9,12H,10-11H2,1-3H3,(H,22,23). The monoisotopic (exact) mass is 355 g/mol. The zero-order valence-electron chi connectivity index (χ0n) is 15.0. The third-order valence-corrected chi connectivity index (χ3v) is 4.22. The highest BCUT2D eigenvalue weighted by atomic mass is 16.5. The van der Waals surface area contributed by atoms with Crippen molar-refractivity contribution in [3.8, 4) is 5.75 Å². The van der Waals surface area contributed by atoms with Crippen LogP contribution in [0.5, 0.6) is 5.75 Å². The first kappa shape index (κ1) is 17.8. The Bertz CT molecular complexity index is 990. The van der Waals surface area contributed by atoms with E-state index in [4.69, 9.17) is 14.3 Å². The Kier molecular flexibility index (Phi) is 4.59. The van der Waals surface area contributed by atoms with E-state index in [0.717, 1.165) is 0 Å². The molecule has 1 aromatic heterocycles. The van der Waals surface area contributed by atoms with E-state index >= 15 is 0 Å². The van der Waals surface area contributed by atoms with E-state index in [0.29, 0.717) is 16.8 Å². The van der Waals surface area contributed by atoms with Crippen LogP contribution in [0, 0.1) is 0 Å². The van der Waals surface area contributed by atoms with Crippen LogP contribution in [0.1, 0.15) is 36.7 Å². The molecule has 0 spiro atoms. The summed E-state index contributed by atoms with van der Waals surface area (Å²) in [5.74, 6) is -0.874. The van der Waals surface area contributed by atoms with Crippen molar-refractivity contribution < 1.29 is 19.1 Å². The molecule has 0 radical (unpaired) electrons. The molecule has 0 amide bonds. The van der Waals surface area contributed by atoms with Crippen molar-refractivity contribution in [3.63, 3.8) is 0 Å². The van der Waals surface area contributed by atoms with Crippen molar-refractivity contribution in [1.82, 2.24) is 4.57 Å². The van der Waals surface area contributed by atoms with Crippen LogP contribution in [0.4, 0.5) is 0 Å². The van der Waals surface area contributed by atoms with Gasteiger partial charge in [0.05, 0.1) is 17.6 Å². The highest BCUT2D eigenvalue weighted by molar-refractivity contribution is 5.91. The molecular formula is C20H21NO5. The lowest BCUT2D eigenvalue weighted by Crippen LogP contribution is -2.18. The number of oxazole rings is 1. The molecule has 0 fully saturated rings. The molecule has 1 heterocycles. The quantitative estimate of drug-likeness (QED) is 0.755. The molecule has 0 aliphatic rings. The summed E-state index contributed by atoms with van der Waals surface area (Å²) in [6.45, 7) is 6.96. The molecule has 0 saturated heterocycles. The summed E-state index contributed by atoms with van der Waals surface area (Å²) in [4.78, 5) is 23.1. The number of carboxylic acid groups (broad SMARTS) is 1. The van der Waals surface area contributed by atoms with Gasteiger partial charge in [0.2, 0.25) is 0 Å². The second kappa shape index (κ2) is 6.71. The van der Waals surface area contributed by atoms with Gasteiger partial charge in [-0.05, 0) is 41.3 Å². The van der Waals surface area contributed by atoms with Gasteiger partial charge >= 0.3 is 11.7 Å². The molecule has 6 nitrogen and oxygen atoms in total. The molecule has 3 aromatic rings. The zero-order chi connectivity index (χ0) is 18.9. The minimum Gasteiger partial charge on any atom is -0.492 e. The minimum absolute atomic E-state index is 0.0728. The van der Waals surface area contributed by atoms with Crippen molar-refractivity contribution in [1.29, 1.82) is 0 Å². The van der Waals surface area contributed by atoms with Gasteiger partial charge in [0, 0.05) is 0 Å². The van der Waals surface area contributed by atoms with Gasteiger partial charge in [0.1, 0.15) is 12.4 Å². The maximum Gasteiger partial charge on any atom is 0.420 e. The van der Waals surface area contributed by atoms with Crippen molar-refractivity contribution in [3.05, 3.63) is 64.1 Å². The van der Waals surface area contributed by atoms with Crippen LogP contribution in [0.3, 0.4) is 0 Å². The summed E-state index contributed by atoms with van der Waals surface area (Å²) in [5, 5.41) is 9.10. The number of carboxylic acids is 1. The Balaban J connectivity index is 1.73. The average Bonchev–Trinajstić information content (AvgIpc) is 2.89. The van der Waals surface area contributed by atoms with Crippen LogP contribution in [0.25, 0.3) is 11.1 Å². The maximum absolute atomic E-state index is 12.0. The SMILES string of the molecule is CC(C)(C)c1ccc(OCCn2c(=O)oc3ccc(C(=O)O)cc32)cc1. The molecule has 0 saturated carbocycles. The first-order chi connectivity index (χ1) is 12.3. The molecule has 3 rings (SSSR count). The van der Waals surface area contributed by atoms with Crippen LogP contribution >= 0.6 is 0 Å². The average molecular weight is 355 g/mol. The lowest BCUT2D eigenvalue weighted by atomic mass is 9.87. The molecule has 0 aliphatic carbocycles. The molecule has 2 aromatic carbocycles. The number of benzene rings is 2. The Morgan fingerprint density at radius 2 is 1.85 bits per heavy atom. The number of aromatic nitrogens is 1. The molecule has 136 valence electrons. The zero-order valence-corrected chi connectivity index (χ0v) is 15.0. The number of hydrogen-bond acceptors (Lipinski definition) is 4. The smallest absolute Gasteiger partial charge is 0.420 e. The molecule has 1 N–H and O–H groups in total. The van der Waals surface area contributed by atoms with Gasteiger partial charge in [0.25, 0.3) is 0 Å². The number of fused-ring (bicyclic) bond motifs is 1. The van der Waals surface area contributed by atoms with Gasteiger partial charge in [-0.3, -0.25) is 4.57 Å². The molecule has 0 bridgehead atoms. The number of rotatable bonds is 5. The molecule has 0 unspecified atom stereocenters. The van der Waals surface area contributed by atoms with E-state index in [2.05, 4.69) is 20.8 Å².